The molecule has 0 heterocycles. The van der Waals surface area contributed by atoms with Crippen LogP contribution in [0.2, 0.25) is 0 Å². The van der Waals surface area contributed by atoms with Crippen LogP contribution in [-0.2, 0) is 12.8 Å². The van der Waals surface area contributed by atoms with Crippen molar-refractivity contribution in [3.8, 4) is 22.3 Å². The van der Waals surface area contributed by atoms with E-state index < -0.39 is 0 Å². The van der Waals surface area contributed by atoms with E-state index in [1.807, 2.05) is 0 Å². The number of hydrogen-bond acceptors (Lipinski definition) is 2. The van der Waals surface area contributed by atoms with Gasteiger partial charge in [-0.05, 0) is 192 Å². The first-order chi connectivity index (χ1) is 40.6. The summed E-state index contributed by atoms with van der Waals surface area (Å²) in [6, 6.07) is 84.1. The SMILES string of the molecule is C1=CC2=CCc3c(ccc4c(-c5ccc(N(c6ccccc6)c6ccc(C=Cc7ccccc7)cc6)cc5)ccc(-c5cc6c7c(c5)CC=C5C=C(N(c8ccccc8)c8ccc(C=Cc9ccccc9)cc8)C=C(C=C6)C57)c34)C2C=C1. The van der Waals surface area contributed by atoms with Crippen LogP contribution in [0.5, 0.6) is 0 Å². The molecule has 0 saturated heterocycles. The minimum absolute atomic E-state index is 0.188. The van der Waals surface area contributed by atoms with Crippen molar-refractivity contribution in [3.63, 3.8) is 0 Å². The standard InChI is InChI=1S/C80H58N2/c1-5-15-55(16-6-1)25-27-57-29-40-68(41-30-57)81(66-20-9-3-10-21-66)70-44-37-60(38-45-70)73-47-48-74(80-76(73)50-49-75-72-24-14-13-19-59(72)39-46-77(75)80)65-51-61-33-35-63-53-71(54-64-36-34-62(52-65)78(61)79(63)64)82(67-22-11-4-12-23-67)69-42-31-58(32-43-69)28-26-56-17-7-2-8-18-56/h1-33,35-45,47-54,72,79H,34,46H2. The lowest BCUT2D eigenvalue weighted by Gasteiger charge is -2.37. The van der Waals surface area contributed by atoms with Crippen LogP contribution in [0.1, 0.15) is 61.9 Å². The fraction of sp³-hybridized carbons (Fsp3) is 0.0500. The van der Waals surface area contributed by atoms with Crippen LogP contribution in [-0.4, -0.2) is 0 Å². The van der Waals surface area contributed by atoms with Crippen molar-refractivity contribution in [1.82, 2.24) is 0 Å². The minimum Gasteiger partial charge on any atom is -0.311 e. The van der Waals surface area contributed by atoms with Crippen molar-refractivity contribution in [2.45, 2.75) is 24.7 Å². The summed E-state index contributed by atoms with van der Waals surface area (Å²) in [6.07, 6.45) is 34.1. The summed E-state index contributed by atoms with van der Waals surface area (Å²) in [5.74, 6) is 0.435. The summed E-state index contributed by atoms with van der Waals surface area (Å²) in [5, 5.41) is 2.64. The molecule has 0 bridgehead atoms. The lowest BCUT2D eigenvalue weighted by Crippen LogP contribution is -2.23. The zero-order chi connectivity index (χ0) is 54.3. The molecule has 82 heavy (non-hydrogen) atoms. The van der Waals surface area contributed by atoms with E-state index in [9.17, 15) is 0 Å². The van der Waals surface area contributed by atoms with Gasteiger partial charge < -0.3 is 9.80 Å². The highest BCUT2D eigenvalue weighted by atomic mass is 15.1. The van der Waals surface area contributed by atoms with Crippen molar-refractivity contribution in [1.29, 1.82) is 0 Å². The lowest BCUT2D eigenvalue weighted by atomic mass is 9.69. The number of rotatable bonds is 12. The number of allylic oxidation sites excluding steroid dienone is 12. The minimum atomic E-state index is 0.188. The highest BCUT2D eigenvalue weighted by Gasteiger charge is 2.34. The first kappa shape index (κ1) is 48.8. The largest absolute Gasteiger partial charge is 0.311 e. The molecule has 0 amide bonds. The third kappa shape index (κ3) is 9.15. The molecule has 5 aliphatic rings. The van der Waals surface area contributed by atoms with E-state index in [1.54, 1.807) is 0 Å². The third-order valence-corrected chi connectivity index (χ3v) is 17.0. The average Bonchev–Trinajstić information content (AvgIpc) is 3.69. The van der Waals surface area contributed by atoms with Crippen molar-refractivity contribution < 1.29 is 0 Å². The number of para-hydroxylation sites is 2. The van der Waals surface area contributed by atoms with Gasteiger partial charge >= 0.3 is 0 Å². The van der Waals surface area contributed by atoms with E-state index in [0.717, 1.165) is 46.8 Å². The molecule has 0 fully saturated rings. The Morgan fingerprint density at radius 3 is 1.59 bits per heavy atom. The van der Waals surface area contributed by atoms with Crippen LogP contribution in [0.25, 0.3) is 63.4 Å². The van der Waals surface area contributed by atoms with E-state index in [1.165, 1.54) is 100.0 Å². The van der Waals surface area contributed by atoms with Gasteiger partial charge in [0.1, 0.15) is 0 Å². The Bertz CT molecular complexity index is 4380. The van der Waals surface area contributed by atoms with Crippen LogP contribution in [0.15, 0.2) is 308 Å². The average molecular weight is 1050 g/mol. The Morgan fingerprint density at radius 1 is 0.390 bits per heavy atom. The second kappa shape index (κ2) is 21.1. The Labute approximate surface area is 481 Å². The second-order valence-electron chi connectivity index (χ2n) is 21.9. The highest BCUT2D eigenvalue weighted by Crippen LogP contribution is 2.51. The number of fused-ring (bicyclic) bond motifs is 5. The smallest absolute Gasteiger partial charge is 0.0467 e. The molecule has 2 heteroatoms. The molecule has 0 saturated carbocycles. The van der Waals surface area contributed by atoms with Crippen LogP contribution < -0.4 is 9.80 Å². The number of nitrogens with zero attached hydrogens (tertiary/aromatic N) is 2. The van der Waals surface area contributed by atoms with Crippen LogP contribution in [0.4, 0.5) is 28.4 Å². The molecule has 5 aliphatic carbocycles. The molecule has 10 aromatic rings. The zero-order valence-electron chi connectivity index (χ0n) is 45.5. The molecule has 10 aromatic carbocycles. The third-order valence-electron chi connectivity index (χ3n) is 17.0. The fourth-order valence-electron chi connectivity index (χ4n) is 13.1. The summed E-state index contributed by atoms with van der Waals surface area (Å²) < 4.78 is 0. The predicted molar refractivity (Wildman–Crippen MR) is 348 cm³/mol. The lowest BCUT2D eigenvalue weighted by molar-refractivity contribution is 0.882. The maximum atomic E-state index is 2.52. The molecule has 2 nitrogen and oxygen atoms in total. The van der Waals surface area contributed by atoms with Gasteiger partial charge in [-0.1, -0.05) is 237 Å². The summed E-state index contributed by atoms with van der Waals surface area (Å²) >= 11 is 0. The van der Waals surface area contributed by atoms with Gasteiger partial charge in [-0.15, -0.1) is 0 Å². The molecule has 388 valence electrons. The van der Waals surface area contributed by atoms with Gasteiger partial charge in [-0.3, -0.25) is 0 Å². The number of benzene rings is 10. The second-order valence-corrected chi connectivity index (χ2v) is 21.9. The van der Waals surface area contributed by atoms with Gasteiger partial charge in [0.25, 0.3) is 0 Å². The van der Waals surface area contributed by atoms with Crippen molar-refractivity contribution >= 4 is 69.6 Å². The summed E-state index contributed by atoms with van der Waals surface area (Å²) in [5.41, 5.74) is 27.6. The Morgan fingerprint density at radius 2 is 0.939 bits per heavy atom. The Hall–Kier alpha value is -10.3. The number of hydrogen-bond donors (Lipinski definition) is 0. The van der Waals surface area contributed by atoms with Gasteiger partial charge in [0.15, 0.2) is 0 Å². The van der Waals surface area contributed by atoms with Gasteiger partial charge in [-0.25, -0.2) is 0 Å². The maximum Gasteiger partial charge on any atom is 0.0467 e. The van der Waals surface area contributed by atoms with E-state index in [0.29, 0.717) is 0 Å². The molecule has 0 aromatic heterocycles. The zero-order valence-corrected chi connectivity index (χ0v) is 45.5. The molecule has 2 atom stereocenters. The normalized spacial score (nSPS) is 16.2. The number of anilines is 5. The molecule has 0 spiro atoms. The van der Waals surface area contributed by atoms with Crippen molar-refractivity contribution in [3.05, 3.63) is 358 Å². The highest BCUT2D eigenvalue weighted by molar-refractivity contribution is 6.08. The summed E-state index contributed by atoms with van der Waals surface area (Å²) in [4.78, 5) is 4.76. The van der Waals surface area contributed by atoms with E-state index in [2.05, 4.69) is 325 Å². The molecule has 0 radical (unpaired) electrons. The van der Waals surface area contributed by atoms with E-state index in [-0.39, 0.29) is 11.8 Å². The first-order valence-electron chi connectivity index (χ1n) is 28.7. The maximum absolute atomic E-state index is 2.52. The predicted octanol–water partition coefficient (Wildman–Crippen LogP) is 20.9. The fourth-order valence-corrected chi connectivity index (χ4v) is 13.1. The molecule has 0 aliphatic heterocycles. The van der Waals surface area contributed by atoms with E-state index >= 15 is 0 Å². The molecular weight excluding hydrogens is 989 g/mol. The van der Waals surface area contributed by atoms with Crippen LogP contribution in [0, 0.1) is 0 Å². The molecule has 15 rings (SSSR count). The molecular formula is C80H58N2. The van der Waals surface area contributed by atoms with Gasteiger partial charge in [0.05, 0.1) is 0 Å². The van der Waals surface area contributed by atoms with E-state index in [4.69, 9.17) is 0 Å². The van der Waals surface area contributed by atoms with Gasteiger partial charge in [0, 0.05) is 46.0 Å². The van der Waals surface area contributed by atoms with Crippen LogP contribution in [0.3, 0.4) is 0 Å². The first-order valence-corrected chi connectivity index (χ1v) is 28.7. The summed E-state index contributed by atoms with van der Waals surface area (Å²) in [6.45, 7) is 0. The monoisotopic (exact) mass is 1050 g/mol. The van der Waals surface area contributed by atoms with Crippen LogP contribution >= 0.6 is 0 Å². The Balaban J connectivity index is 0.778. The summed E-state index contributed by atoms with van der Waals surface area (Å²) in [7, 11) is 0. The van der Waals surface area contributed by atoms with Crippen molar-refractivity contribution in [2.75, 3.05) is 9.80 Å². The van der Waals surface area contributed by atoms with Gasteiger partial charge in [0.2, 0.25) is 0 Å². The van der Waals surface area contributed by atoms with Crippen molar-refractivity contribution in [2.24, 2.45) is 0 Å². The quantitative estimate of drug-likeness (QED) is 0.113. The molecule has 2 unspecified atom stereocenters. The molecule has 0 N–H and O–H groups in total. The van der Waals surface area contributed by atoms with Gasteiger partial charge in [-0.2, -0.15) is 0 Å². The Kier molecular flexibility index (Phi) is 12.5. The topological polar surface area (TPSA) is 6.48 Å².